The Morgan fingerprint density at radius 2 is 2.13 bits per heavy atom. The summed E-state index contributed by atoms with van der Waals surface area (Å²) >= 11 is 0. The molecule has 1 rings (SSSR count). The second kappa shape index (κ2) is 4.92. The Bertz CT molecular complexity index is 245. The summed E-state index contributed by atoms with van der Waals surface area (Å²) in [4.78, 5) is 0. The quantitative estimate of drug-likeness (QED) is 0.725. The second-order valence-corrected chi connectivity index (χ2v) is 4.17. The average molecular weight is 212 g/mol. The molecule has 3 nitrogen and oxygen atoms in total. The van der Waals surface area contributed by atoms with Crippen LogP contribution in [0.2, 0.25) is 0 Å². The Balaban J connectivity index is 2.63. The predicted molar refractivity (Wildman–Crippen MR) is 59.5 cm³/mol. The summed E-state index contributed by atoms with van der Waals surface area (Å²) in [6, 6.07) is 0. The number of aliphatic hydroxyl groups is 1. The minimum absolute atomic E-state index is 0.236. The van der Waals surface area contributed by atoms with Gasteiger partial charge in [-0.1, -0.05) is 18.2 Å². The van der Waals surface area contributed by atoms with Crippen LogP contribution in [0, 0.1) is 0 Å². The highest BCUT2D eigenvalue weighted by atomic mass is 16.8. The van der Waals surface area contributed by atoms with Gasteiger partial charge in [0.2, 0.25) is 0 Å². The molecule has 1 aliphatic heterocycles. The maximum absolute atomic E-state index is 9.91. The lowest BCUT2D eigenvalue weighted by molar-refractivity contribution is -0.153. The topological polar surface area (TPSA) is 38.7 Å². The van der Waals surface area contributed by atoms with Gasteiger partial charge >= 0.3 is 0 Å². The molecule has 1 heterocycles. The van der Waals surface area contributed by atoms with Gasteiger partial charge in [-0.15, -0.1) is 6.58 Å². The fourth-order valence-electron chi connectivity index (χ4n) is 1.71. The van der Waals surface area contributed by atoms with Crippen molar-refractivity contribution in [2.24, 2.45) is 0 Å². The Morgan fingerprint density at radius 1 is 1.47 bits per heavy atom. The Kier molecular flexibility index (Phi) is 4.08. The third kappa shape index (κ3) is 3.16. The van der Waals surface area contributed by atoms with Gasteiger partial charge in [0, 0.05) is 0 Å². The fraction of sp³-hybridized carbons (Fsp3) is 0.667. The fourth-order valence-corrected chi connectivity index (χ4v) is 1.71. The highest BCUT2D eigenvalue weighted by Gasteiger charge is 2.42. The van der Waals surface area contributed by atoms with Crippen LogP contribution < -0.4 is 0 Å². The third-order valence-corrected chi connectivity index (χ3v) is 2.39. The first-order valence-electron chi connectivity index (χ1n) is 5.27. The van der Waals surface area contributed by atoms with Crippen LogP contribution in [0.25, 0.3) is 0 Å². The van der Waals surface area contributed by atoms with E-state index in [0.717, 1.165) is 0 Å². The summed E-state index contributed by atoms with van der Waals surface area (Å²) in [5.41, 5.74) is 0. The van der Waals surface area contributed by atoms with Crippen LogP contribution >= 0.6 is 0 Å². The van der Waals surface area contributed by atoms with Gasteiger partial charge in [-0.3, -0.25) is 0 Å². The van der Waals surface area contributed by atoms with E-state index in [0.29, 0.717) is 6.42 Å². The van der Waals surface area contributed by atoms with Crippen molar-refractivity contribution in [2.75, 3.05) is 0 Å². The summed E-state index contributed by atoms with van der Waals surface area (Å²) in [5, 5.41) is 9.91. The van der Waals surface area contributed by atoms with Gasteiger partial charge in [-0.25, -0.2) is 0 Å². The van der Waals surface area contributed by atoms with E-state index in [1.807, 2.05) is 32.9 Å². The minimum Gasteiger partial charge on any atom is -0.390 e. The number of hydrogen-bond donors (Lipinski definition) is 1. The average Bonchev–Trinajstić information content (AvgIpc) is 2.50. The van der Waals surface area contributed by atoms with Crippen LogP contribution in [-0.4, -0.2) is 29.2 Å². The Hall–Kier alpha value is -0.640. The monoisotopic (exact) mass is 212 g/mol. The molecule has 0 aliphatic carbocycles. The Morgan fingerprint density at radius 3 is 2.67 bits per heavy atom. The summed E-state index contributed by atoms with van der Waals surface area (Å²) < 4.78 is 11.2. The van der Waals surface area contributed by atoms with E-state index >= 15 is 0 Å². The minimum atomic E-state index is -0.638. The molecule has 0 aromatic rings. The van der Waals surface area contributed by atoms with Gasteiger partial charge in [0.25, 0.3) is 0 Å². The van der Waals surface area contributed by atoms with Crippen molar-refractivity contribution in [3.8, 4) is 0 Å². The van der Waals surface area contributed by atoms with Gasteiger partial charge < -0.3 is 14.6 Å². The van der Waals surface area contributed by atoms with E-state index < -0.39 is 11.9 Å². The van der Waals surface area contributed by atoms with Crippen molar-refractivity contribution in [1.29, 1.82) is 0 Å². The van der Waals surface area contributed by atoms with E-state index in [1.54, 1.807) is 6.08 Å². The molecule has 0 aromatic carbocycles. The number of aliphatic hydroxyl groups excluding tert-OH is 1. The molecular weight excluding hydrogens is 192 g/mol. The lowest BCUT2D eigenvalue weighted by Gasteiger charge is -2.20. The zero-order valence-electron chi connectivity index (χ0n) is 9.64. The molecule has 1 aliphatic rings. The molecule has 3 atom stereocenters. The van der Waals surface area contributed by atoms with Crippen molar-refractivity contribution in [3.63, 3.8) is 0 Å². The normalized spacial score (nSPS) is 32.0. The molecule has 0 unspecified atom stereocenters. The number of allylic oxidation sites excluding steroid dienone is 1. The standard InChI is InChI=1S/C12H20O3/c1-5-7-8-9(13)11-10(6-2)14-12(3,4)15-11/h5-7,9-11,13H,2,8H2,1,3-4H3/b7-5-/t9-,10+,11+/m1/s1. The molecule has 0 saturated carbocycles. The smallest absolute Gasteiger partial charge is 0.164 e. The molecule has 0 bridgehead atoms. The molecular formula is C12H20O3. The summed E-state index contributed by atoms with van der Waals surface area (Å²) in [7, 11) is 0. The molecule has 1 fully saturated rings. The van der Waals surface area contributed by atoms with E-state index in [4.69, 9.17) is 9.47 Å². The van der Waals surface area contributed by atoms with E-state index in [-0.39, 0.29) is 12.2 Å². The lowest BCUT2D eigenvalue weighted by Crippen LogP contribution is -2.34. The van der Waals surface area contributed by atoms with Gasteiger partial charge in [0.1, 0.15) is 12.2 Å². The zero-order valence-corrected chi connectivity index (χ0v) is 9.64. The number of ether oxygens (including phenoxy) is 2. The molecule has 0 amide bonds. The van der Waals surface area contributed by atoms with E-state index in [9.17, 15) is 5.11 Å². The summed E-state index contributed by atoms with van der Waals surface area (Å²) in [6.45, 7) is 9.29. The van der Waals surface area contributed by atoms with Crippen molar-refractivity contribution in [1.82, 2.24) is 0 Å². The van der Waals surface area contributed by atoms with Crippen molar-refractivity contribution >= 4 is 0 Å². The third-order valence-electron chi connectivity index (χ3n) is 2.39. The maximum atomic E-state index is 9.91. The Labute approximate surface area is 91.4 Å². The van der Waals surface area contributed by atoms with Crippen LogP contribution in [0.4, 0.5) is 0 Å². The predicted octanol–water partition coefficient (Wildman–Crippen LogP) is 2.02. The first-order chi connectivity index (χ1) is 7.00. The largest absolute Gasteiger partial charge is 0.390 e. The van der Waals surface area contributed by atoms with Crippen LogP contribution in [0.15, 0.2) is 24.8 Å². The van der Waals surface area contributed by atoms with Crippen molar-refractivity contribution in [2.45, 2.75) is 51.3 Å². The zero-order chi connectivity index (χ0) is 11.5. The van der Waals surface area contributed by atoms with E-state index in [1.165, 1.54) is 0 Å². The van der Waals surface area contributed by atoms with Gasteiger partial charge in [-0.2, -0.15) is 0 Å². The summed E-state index contributed by atoms with van der Waals surface area (Å²) in [6.07, 6.45) is 4.97. The molecule has 3 heteroatoms. The molecule has 15 heavy (non-hydrogen) atoms. The number of rotatable bonds is 4. The highest BCUT2D eigenvalue weighted by molar-refractivity contribution is 4.98. The highest BCUT2D eigenvalue weighted by Crippen LogP contribution is 2.31. The van der Waals surface area contributed by atoms with Crippen molar-refractivity contribution < 1.29 is 14.6 Å². The van der Waals surface area contributed by atoms with Crippen LogP contribution in [-0.2, 0) is 9.47 Å². The molecule has 1 N–H and O–H groups in total. The molecule has 86 valence electrons. The van der Waals surface area contributed by atoms with Crippen LogP contribution in [0.1, 0.15) is 27.2 Å². The molecule has 0 radical (unpaired) electrons. The van der Waals surface area contributed by atoms with Gasteiger partial charge in [0.15, 0.2) is 5.79 Å². The SMILES string of the molecule is C=C[C@@H]1OC(C)(C)O[C@H]1[C@H](O)C/C=C\C. The molecule has 0 spiro atoms. The first-order valence-corrected chi connectivity index (χ1v) is 5.27. The van der Waals surface area contributed by atoms with E-state index in [2.05, 4.69) is 6.58 Å². The van der Waals surface area contributed by atoms with Gasteiger partial charge in [-0.05, 0) is 27.2 Å². The second-order valence-electron chi connectivity index (χ2n) is 4.17. The van der Waals surface area contributed by atoms with Crippen LogP contribution in [0.5, 0.6) is 0 Å². The summed E-state index contributed by atoms with van der Waals surface area (Å²) in [5.74, 6) is -0.638. The van der Waals surface area contributed by atoms with Crippen molar-refractivity contribution in [3.05, 3.63) is 24.8 Å². The molecule has 0 aromatic heterocycles. The molecule has 1 saturated heterocycles. The van der Waals surface area contributed by atoms with Gasteiger partial charge in [0.05, 0.1) is 6.10 Å². The maximum Gasteiger partial charge on any atom is 0.164 e. The van der Waals surface area contributed by atoms with Crippen LogP contribution in [0.3, 0.4) is 0 Å². The number of hydrogen-bond acceptors (Lipinski definition) is 3. The lowest BCUT2D eigenvalue weighted by atomic mass is 10.1. The first kappa shape index (κ1) is 12.4.